The molecule has 1 fully saturated rings. The van der Waals surface area contributed by atoms with Gasteiger partial charge in [0.15, 0.2) is 5.82 Å². The Bertz CT molecular complexity index is 699. The predicted molar refractivity (Wildman–Crippen MR) is 119 cm³/mol. The molecule has 5 heteroatoms. The quantitative estimate of drug-likeness (QED) is 0.219. The fourth-order valence-electron chi connectivity index (χ4n) is 3.68. The van der Waals surface area contributed by atoms with E-state index in [-0.39, 0.29) is 0 Å². The van der Waals surface area contributed by atoms with Crippen molar-refractivity contribution in [1.29, 1.82) is 0 Å². The van der Waals surface area contributed by atoms with Crippen LogP contribution in [0, 0.1) is 0 Å². The lowest BCUT2D eigenvalue weighted by molar-refractivity contribution is 0.602. The van der Waals surface area contributed by atoms with E-state index in [0.29, 0.717) is 5.92 Å². The molecule has 0 atom stereocenters. The Kier molecular flexibility index (Phi) is 9.48. The molecule has 2 aromatic rings. The molecule has 0 radical (unpaired) electrons. The molecule has 0 N–H and O–H groups in total. The van der Waals surface area contributed by atoms with Crippen molar-refractivity contribution >= 4 is 16.3 Å². The first-order valence-electron chi connectivity index (χ1n) is 11.7. The molecule has 2 aromatic heterocycles. The molecule has 0 spiro atoms. The summed E-state index contributed by atoms with van der Waals surface area (Å²) in [5.41, 5.74) is 0. The Morgan fingerprint density at radius 3 is 2.18 bits per heavy atom. The standard InChI is InChI=1S/C23H38N4S/c1-2-3-4-5-6-7-8-9-10-11-12-13-14-15-16-17-21-24-25-23-27(21)26-22(28-23)20-18-19-20/h9-10,20H,2-8,11-19H2,1H3. The summed E-state index contributed by atoms with van der Waals surface area (Å²) in [4.78, 5) is 0.977. The summed E-state index contributed by atoms with van der Waals surface area (Å²) in [5, 5.41) is 14.6. The molecule has 1 aliphatic rings. The van der Waals surface area contributed by atoms with Crippen molar-refractivity contribution in [2.45, 2.75) is 116 Å². The van der Waals surface area contributed by atoms with Gasteiger partial charge in [-0.05, 0) is 44.9 Å². The molecule has 0 bridgehead atoms. The topological polar surface area (TPSA) is 43.1 Å². The number of hydrogen-bond acceptors (Lipinski definition) is 4. The summed E-state index contributed by atoms with van der Waals surface area (Å²) in [6, 6.07) is 0. The van der Waals surface area contributed by atoms with Crippen molar-refractivity contribution in [3.05, 3.63) is 23.0 Å². The molecule has 0 unspecified atom stereocenters. The molecule has 1 aliphatic carbocycles. The number of allylic oxidation sites excluding steroid dienone is 2. The number of aryl methyl sites for hydroxylation is 1. The number of hydrogen-bond donors (Lipinski definition) is 0. The Morgan fingerprint density at radius 1 is 0.857 bits per heavy atom. The zero-order chi connectivity index (χ0) is 19.4. The van der Waals surface area contributed by atoms with Gasteiger partial charge in [0.05, 0.1) is 0 Å². The first-order valence-corrected chi connectivity index (χ1v) is 12.6. The van der Waals surface area contributed by atoms with Crippen LogP contribution in [-0.2, 0) is 6.42 Å². The van der Waals surface area contributed by atoms with E-state index in [4.69, 9.17) is 5.10 Å². The zero-order valence-electron chi connectivity index (χ0n) is 17.7. The van der Waals surface area contributed by atoms with Crippen LogP contribution in [0.4, 0.5) is 0 Å². The summed E-state index contributed by atoms with van der Waals surface area (Å²) < 4.78 is 1.99. The number of aromatic nitrogens is 4. The maximum atomic E-state index is 4.73. The SMILES string of the molecule is CCCCCCCCC=CCCCCCCCc1nnc2sc(C3CC3)nn12. The third kappa shape index (κ3) is 7.31. The van der Waals surface area contributed by atoms with Crippen LogP contribution >= 0.6 is 11.3 Å². The predicted octanol–water partition coefficient (Wildman–Crippen LogP) is 7.25. The van der Waals surface area contributed by atoms with Gasteiger partial charge in [0.25, 0.3) is 0 Å². The van der Waals surface area contributed by atoms with Crippen LogP contribution in [0.3, 0.4) is 0 Å². The van der Waals surface area contributed by atoms with Gasteiger partial charge in [-0.15, -0.1) is 10.2 Å². The van der Waals surface area contributed by atoms with Gasteiger partial charge < -0.3 is 0 Å². The van der Waals surface area contributed by atoms with E-state index in [9.17, 15) is 0 Å². The van der Waals surface area contributed by atoms with Crippen molar-refractivity contribution < 1.29 is 0 Å². The molecular weight excluding hydrogens is 364 g/mol. The zero-order valence-corrected chi connectivity index (χ0v) is 18.6. The van der Waals surface area contributed by atoms with Gasteiger partial charge in [0, 0.05) is 12.3 Å². The van der Waals surface area contributed by atoms with Crippen LogP contribution in [0.5, 0.6) is 0 Å². The van der Waals surface area contributed by atoms with E-state index in [0.717, 1.165) is 17.2 Å². The minimum absolute atomic E-state index is 0.708. The normalized spacial score (nSPS) is 14.6. The van der Waals surface area contributed by atoms with E-state index < -0.39 is 0 Å². The maximum Gasteiger partial charge on any atom is 0.234 e. The fourth-order valence-corrected chi connectivity index (χ4v) is 4.70. The number of unbranched alkanes of at least 4 members (excludes halogenated alkanes) is 11. The minimum atomic E-state index is 0.708. The van der Waals surface area contributed by atoms with Crippen LogP contribution in [0.25, 0.3) is 4.96 Å². The lowest BCUT2D eigenvalue weighted by atomic mass is 10.1. The molecule has 0 amide bonds. The van der Waals surface area contributed by atoms with Crippen molar-refractivity contribution in [3.63, 3.8) is 0 Å². The Hall–Kier alpha value is -1.23. The van der Waals surface area contributed by atoms with Crippen LogP contribution in [0.2, 0.25) is 0 Å². The first kappa shape index (κ1) is 21.5. The highest BCUT2D eigenvalue weighted by Crippen LogP contribution is 2.41. The summed E-state index contributed by atoms with van der Waals surface area (Å²) in [6.45, 7) is 2.28. The van der Waals surface area contributed by atoms with Crippen molar-refractivity contribution in [3.8, 4) is 0 Å². The van der Waals surface area contributed by atoms with Crippen molar-refractivity contribution in [2.24, 2.45) is 0 Å². The van der Waals surface area contributed by atoms with Crippen LogP contribution in [-0.4, -0.2) is 19.8 Å². The average molecular weight is 403 g/mol. The van der Waals surface area contributed by atoms with Crippen LogP contribution in [0.15, 0.2) is 12.2 Å². The third-order valence-corrected chi connectivity index (χ3v) is 6.72. The summed E-state index contributed by atoms with van der Waals surface area (Å²) in [5.74, 6) is 1.76. The second-order valence-electron chi connectivity index (χ2n) is 8.36. The number of fused-ring (bicyclic) bond motifs is 1. The molecule has 3 rings (SSSR count). The number of nitrogens with zero attached hydrogens (tertiary/aromatic N) is 4. The van der Waals surface area contributed by atoms with Gasteiger partial charge in [-0.3, -0.25) is 0 Å². The van der Waals surface area contributed by atoms with Crippen LogP contribution < -0.4 is 0 Å². The summed E-state index contributed by atoms with van der Waals surface area (Å²) in [7, 11) is 0. The van der Waals surface area contributed by atoms with E-state index in [1.807, 2.05) is 4.52 Å². The lowest BCUT2D eigenvalue weighted by Crippen LogP contribution is -1.97. The number of rotatable bonds is 16. The molecule has 28 heavy (non-hydrogen) atoms. The molecule has 4 nitrogen and oxygen atoms in total. The van der Waals surface area contributed by atoms with Gasteiger partial charge in [0.2, 0.25) is 4.96 Å². The highest BCUT2D eigenvalue weighted by molar-refractivity contribution is 7.16. The molecular formula is C23H38N4S. The second-order valence-corrected chi connectivity index (χ2v) is 9.35. The van der Waals surface area contributed by atoms with Gasteiger partial charge in [-0.25, -0.2) is 0 Å². The van der Waals surface area contributed by atoms with Crippen molar-refractivity contribution in [2.75, 3.05) is 0 Å². The fraction of sp³-hybridized carbons (Fsp3) is 0.783. The van der Waals surface area contributed by atoms with E-state index in [2.05, 4.69) is 29.3 Å². The van der Waals surface area contributed by atoms with Gasteiger partial charge in [-0.1, -0.05) is 81.8 Å². The molecule has 2 heterocycles. The highest BCUT2D eigenvalue weighted by Gasteiger charge is 2.28. The lowest BCUT2D eigenvalue weighted by Gasteiger charge is -2.00. The monoisotopic (exact) mass is 402 g/mol. The third-order valence-electron chi connectivity index (χ3n) is 5.66. The maximum absolute atomic E-state index is 4.73. The molecule has 0 aliphatic heterocycles. The first-order chi connectivity index (χ1) is 13.9. The highest BCUT2D eigenvalue weighted by atomic mass is 32.1. The largest absolute Gasteiger partial charge is 0.234 e. The molecule has 156 valence electrons. The molecule has 1 saturated carbocycles. The minimum Gasteiger partial charge on any atom is -0.187 e. The van der Waals surface area contributed by atoms with E-state index >= 15 is 0 Å². The van der Waals surface area contributed by atoms with E-state index in [1.165, 1.54) is 101 Å². The van der Waals surface area contributed by atoms with Crippen LogP contribution in [0.1, 0.15) is 120 Å². The van der Waals surface area contributed by atoms with Gasteiger partial charge in [-0.2, -0.15) is 9.61 Å². The average Bonchev–Trinajstić information content (AvgIpc) is 3.36. The Labute approximate surface area is 174 Å². The molecule has 0 saturated heterocycles. The summed E-state index contributed by atoms with van der Waals surface area (Å²) in [6.07, 6.45) is 25.8. The van der Waals surface area contributed by atoms with Gasteiger partial charge in [0.1, 0.15) is 5.01 Å². The Balaban J connectivity index is 1.16. The Morgan fingerprint density at radius 2 is 1.50 bits per heavy atom. The second kappa shape index (κ2) is 12.4. The molecule has 0 aromatic carbocycles. The smallest absolute Gasteiger partial charge is 0.187 e. The van der Waals surface area contributed by atoms with E-state index in [1.54, 1.807) is 11.3 Å². The van der Waals surface area contributed by atoms with Crippen molar-refractivity contribution in [1.82, 2.24) is 19.8 Å². The van der Waals surface area contributed by atoms with Gasteiger partial charge >= 0.3 is 0 Å². The summed E-state index contributed by atoms with van der Waals surface area (Å²) >= 11 is 1.72.